The Kier molecular flexibility index (Phi) is 8.21. The number of anilines is 1. The first-order valence-electron chi connectivity index (χ1n) is 10.4. The van der Waals surface area contributed by atoms with Crippen molar-refractivity contribution >= 4 is 58.2 Å². The van der Waals surface area contributed by atoms with Gasteiger partial charge in [-0.15, -0.1) is 5.11 Å². The lowest BCUT2D eigenvalue weighted by molar-refractivity contribution is 0.284. The number of hydrogen-bond acceptors (Lipinski definition) is 11. The van der Waals surface area contributed by atoms with Crippen molar-refractivity contribution in [1.82, 2.24) is 0 Å². The fourth-order valence-corrected chi connectivity index (χ4v) is 5.27. The van der Waals surface area contributed by atoms with Crippen molar-refractivity contribution in [1.29, 1.82) is 0 Å². The van der Waals surface area contributed by atoms with Crippen molar-refractivity contribution in [2.45, 2.75) is 18.7 Å². The molecule has 4 N–H and O–H groups in total. The Morgan fingerprint density at radius 3 is 2.22 bits per heavy atom. The van der Waals surface area contributed by atoms with Crippen LogP contribution in [-0.2, 0) is 34.5 Å². The second kappa shape index (κ2) is 10.7. The van der Waals surface area contributed by atoms with E-state index in [0.717, 1.165) is 0 Å². The zero-order valence-electron chi connectivity index (χ0n) is 19.5. The molecule has 0 spiro atoms. The van der Waals surface area contributed by atoms with E-state index in [2.05, 4.69) is 19.7 Å². The Balaban J connectivity index is 1.99. The quantitative estimate of drug-likeness (QED) is 0.204. The van der Waals surface area contributed by atoms with E-state index in [9.17, 15) is 30.4 Å². The third kappa shape index (κ3) is 7.67. The maximum atomic E-state index is 12.5. The number of aromatic hydroxyl groups is 1. The average molecular weight is 574 g/mol. The zero-order chi connectivity index (χ0) is 27.6. The molecule has 0 radical (unpaired) electrons. The minimum Gasteiger partial charge on any atom is -0.507 e. The largest absolute Gasteiger partial charge is 0.507 e. The summed E-state index contributed by atoms with van der Waals surface area (Å²) in [6.07, 6.45) is 0. The maximum absolute atomic E-state index is 12.5. The summed E-state index contributed by atoms with van der Waals surface area (Å²) >= 11 is 0. The van der Waals surface area contributed by atoms with Gasteiger partial charge in [0.15, 0.2) is 9.84 Å². The van der Waals surface area contributed by atoms with Crippen LogP contribution in [0.15, 0.2) is 57.6 Å². The van der Waals surface area contributed by atoms with Gasteiger partial charge in [-0.25, -0.2) is 12.6 Å². The van der Waals surface area contributed by atoms with Crippen molar-refractivity contribution in [3.05, 3.63) is 53.6 Å². The molecule has 0 atom stereocenters. The van der Waals surface area contributed by atoms with Crippen LogP contribution in [0.2, 0.25) is 0 Å². The highest BCUT2D eigenvalue weighted by atomic mass is 32.3. The first-order chi connectivity index (χ1) is 17.1. The lowest BCUT2D eigenvalue weighted by Gasteiger charge is -2.12. The molecule has 0 unspecified atom stereocenters. The van der Waals surface area contributed by atoms with Gasteiger partial charge < -0.3 is 10.4 Å². The highest BCUT2D eigenvalue weighted by molar-refractivity contribution is 7.91. The minimum atomic E-state index is -4.77. The number of nitrogens with one attached hydrogen (secondary N) is 1. The summed E-state index contributed by atoms with van der Waals surface area (Å²) in [5.74, 6) is -1.53. The normalized spacial score (nSPS) is 12.9. The van der Waals surface area contributed by atoms with E-state index >= 15 is 0 Å². The van der Waals surface area contributed by atoms with E-state index < -0.39 is 48.6 Å². The summed E-state index contributed by atoms with van der Waals surface area (Å²) in [6, 6.07) is 10.2. The molecule has 3 aromatic rings. The third-order valence-corrected chi connectivity index (χ3v) is 7.69. The molecule has 0 aliphatic rings. The summed E-state index contributed by atoms with van der Waals surface area (Å²) in [5.41, 5.74) is 1.72. The van der Waals surface area contributed by atoms with Gasteiger partial charge in [-0.1, -0.05) is 0 Å². The molecule has 0 saturated carbocycles. The lowest BCUT2D eigenvalue weighted by Crippen LogP contribution is -2.15. The Morgan fingerprint density at radius 1 is 0.892 bits per heavy atom. The fourth-order valence-electron chi connectivity index (χ4n) is 3.36. The van der Waals surface area contributed by atoms with E-state index in [-0.39, 0.29) is 27.7 Å². The summed E-state index contributed by atoms with van der Waals surface area (Å²) in [6.45, 7) is 2.54. The highest BCUT2D eigenvalue weighted by Crippen LogP contribution is 2.39. The number of azo groups is 1. The van der Waals surface area contributed by atoms with Gasteiger partial charge in [-0.2, -0.15) is 21.9 Å². The van der Waals surface area contributed by atoms with Crippen LogP contribution in [0.1, 0.15) is 11.1 Å². The molecule has 0 bridgehead atoms. The van der Waals surface area contributed by atoms with Crippen molar-refractivity contribution in [2.24, 2.45) is 10.2 Å². The van der Waals surface area contributed by atoms with Crippen molar-refractivity contribution in [3.63, 3.8) is 0 Å². The number of benzene rings is 3. The van der Waals surface area contributed by atoms with Crippen LogP contribution in [0, 0.1) is 13.8 Å². The Bertz CT molecular complexity index is 1700. The molecule has 3 aromatic carbocycles. The zero-order valence-corrected chi connectivity index (χ0v) is 21.9. The van der Waals surface area contributed by atoms with E-state index in [0.29, 0.717) is 21.9 Å². The molecule has 13 nitrogen and oxygen atoms in total. The smallest absolute Gasteiger partial charge is 0.397 e. The van der Waals surface area contributed by atoms with Crippen LogP contribution in [0.3, 0.4) is 0 Å². The Labute approximate surface area is 213 Å². The molecule has 0 saturated heterocycles. The fraction of sp³-hybridized carbons (Fsp3) is 0.238. The molecule has 0 heterocycles. The Morgan fingerprint density at radius 2 is 1.59 bits per heavy atom. The SMILES string of the molecule is Cc1cc(O)c2ccc(NCS(=O)(=O)O)c(N=Nc3ccc(S(=O)(=O)CCOS(=O)(=O)O)cc3C)c2c1. The monoisotopic (exact) mass is 573 g/mol. The van der Waals surface area contributed by atoms with Crippen molar-refractivity contribution in [2.75, 3.05) is 23.6 Å². The number of fused-ring (bicyclic) bond motifs is 1. The molecular formula is C21H23N3O10S3. The van der Waals surface area contributed by atoms with Crippen molar-refractivity contribution in [3.8, 4) is 5.75 Å². The topological polar surface area (TPSA) is 209 Å². The number of nitrogens with zero attached hydrogens (tertiary/aromatic N) is 2. The number of rotatable bonds is 10. The molecule has 37 heavy (non-hydrogen) atoms. The third-order valence-electron chi connectivity index (χ3n) is 5.04. The molecule has 0 amide bonds. The molecule has 0 aliphatic heterocycles. The number of phenols is 1. The molecule has 16 heteroatoms. The summed E-state index contributed by atoms with van der Waals surface area (Å²) in [7, 11) is -13.1. The molecule has 200 valence electrons. The second-order valence-electron chi connectivity index (χ2n) is 7.96. The van der Waals surface area contributed by atoms with E-state index in [4.69, 9.17) is 9.11 Å². The van der Waals surface area contributed by atoms with Crippen molar-refractivity contribution < 1.29 is 43.6 Å². The van der Waals surface area contributed by atoms with Crippen LogP contribution in [0.4, 0.5) is 17.1 Å². The Hall–Kier alpha value is -3.15. The van der Waals surface area contributed by atoms with Gasteiger partial charge >= 0.3 is 10.4 Å². The molecular weight excluding hydrogens is 550 g/mol. The lowest BCUT2D eigenvalue weighted by atomic mass is 10.0. The molecule has 3 rings (SSSR count). The van der Waals surface area contributed by atoms with Gasteiger partial charge in [-0.05, 0) is 67.4 Å². The van der Waals surface area contributed by atoms with E-state index in [1.54, 1.807) is 32.0 Å². The standard InChI is InChI=1S/C21H23N3O10S3/c1-13-9-17-16(20(25)10-13)4-6-19(22-12-36(28,29)30)21(17)24-23-18-5-3-15(11-14(18)2)35(26,27)8-7-34-37(31,32)33/h3-6,9-11,22,25H,7-8,12H2,1-2H3,(H,28,29,30)(H,31,32,33). The van der Waals surface area contributed by atoms with Gasteiger partial charge in [0.1, 0.15) is 17.3 Å². The summed E-state index contributed by atoms with van der Waals surface area (Å²) < 4.78 is 90.4. The van der Waals surface area contributed by atoms with Gasteiger partial charge in [0, 0.05) is 10.8 Å². The van der Waals surface area contributed by atoms with Gasteiger partial charge in [0.25, 0.3) is 10.1 Å². The predicted octanol–water partition coefficient (Wildman–Crippen LogP) is 3.43. The summed E-state index contributed by atoms with van der Waals surface area (Å²) in [5, 5.41) is 22.2. The number of hydrogen-bond donors (Lipinski definition) is 4. The number of phenolic OH excluding ortho intramolecular Hbond substituents is 1. The molecule has 0 aliphatic carbocycles. The first-order valence-corrected chi connectivity index (χ1v) is 15.0. The van der Waals surface area contributed by atoms with Crippen LogP contribution in [0.25, 0.3) is 10.8 Å². The van der Waals surface area contributed by atoms with Gasteiger partial charge in [0.2, 0.25) is 0 Å². The second-order valence-corrected chi connectivity index (χ2v) is 12.6. The minimum absolute atomic E-state index is 0.0310. The molecule has 0 aromatic heterocycles. The van der Waals surface area contributed by atoms with E-state index in [1.165, 1.54) is 24.3 Å². The highest BCUT2D eigenvalue weighted by Gasteiger charge is 2.18. The average Bonchev–Trinajstić information content (AvgIpc) is 2.75. The van der Waals surface area contributed by atoms with Gasteiger partial charge in [0.05, 0.1) is 28.6 Å². The first kappa shape index (κ1) is 28.4. The van der Waals surface area contributed by atoms with Crippen LogP contribution >= 0.6 is 0 Å². The van der Waals surface area contributed by atoms with Crippen LogP contribution in [-0.4, -0.2) is 57.7 Å². The predicted molar refractivity (Wildman–Crippen MR) is 135 cm³/mol. The maximum Gasteiger partial charge on any atom is 0.397 e. The van der Waals surface area contributed by atoms with E-state index in [1.807, 2.05) is 0 Å². The number of sulfone groups is 1. The summed E-state index contributed by atoms with van der Waals surface area (Å²) in [4.78, 5) is -0.135. The number of aryl methyl sites for hydroxylation is 2. The molecule has 0 fully saturated rings. The van der Waals surface area contributed by atoms with Gasteiger partial charge in [-0.3, -0.25) is 9.11 Å². The van der Waals surface area contributed by atoms with Crippen LogP contribution in [0.5, 0.6) is 5.75 Å². The van der Waals surface area contributed by atoms with Crippen LogP contribution < -0.4 is 5.32 Å².